The first-order valence-electron chi connectivity index (χ1n) is 10.2. The number of aromatic nitrogens is 2. The number of carbonyl (C=O) groups excluding carboxylic acids is 1. The largest absolute Gasteiger partial charge is 0.489 e. The highest BCUT2D eigenvalue weighted by Gasteiger charge is 2.18. The Morgan fingerprint density at radius 1 is 1.24 bits per heavy atom. The number of amides is 1. The molecule has 1 aromatic heterocycles. The fourth-order valence-electron chi connectivity index (χ4n) is 2.48. The van der Waals surface area contributed by atoms with Gasteiger partial charge >= 0.3 is 0 Å². The zero-order valence-electron chi connectivity index (χ0n) is 19.7. The summed E-state index contributed by atoms with van der Waals surface area (Å²) in [7, 11) is 3.78. The summed E-state index contributed by atoms with van der Waals surface area (Å²) in [6, 6.07) is 0. The summed E-state index contributed by atoms with van der Waals surface area (Å²) in [5.41, 5.74) is 6.70. The number of ether oxygens (including phenoxy) is 3. The van der Waals surface area contributed by atoms with Crippen LogP contribution in [-0.4, -0.2) is 91.5 Å². The summed E-state index contributed by atoms with van der Waals surface area (Å²) in [5.74, 6) is -0.212. The van der Waals surface area contributed by atoms with Gasteiger partial charge in [0.2, 0.25) is 0 Å². The van der Waals surface area contributed by atoms with E-state index >= 15 is 0 Å². The number of anilines is 1. The molecule has 0 spiro atoms. The van der Waals surface area contributed by atoms with Crippen LogP contribution < -0.4 is 11.1 Å². The lowest BCUT2D eigenvalue weighted by atomic mass is 10.2. The number of hydrogen-bond donors (Lipinski definition) is 2. The number of nitrogens with two attached hydrogens (primary N) is 1. The summed E-state index contributed by atoms with van der Waals surface area (Å²) < 4.78 is 32.7. The first kappa shape index (κ1) is 29.9. The lowest BCUT2D eigenvalue weighted by molar-refractivity contribution is 0.0211. The van der Waals surface area contributed by atoms with Crippen LogP contribution in [-0.2, 0) is 29.5 Å². The van der Waals surface area contributed by atoms with Crippen molar-refractivity contribution >= 4 is 38.7 Å². The maximum Gasteiger partial charge on any atom is 0.278 e. The molecular formula is C21H32BrN5O6S. The predicted octanol–water partition coefficient (Wildman–Crippen LogP) is 1.43. The minimum atomic E-state index is -1.30. The van der Waals surface area contributed by atoms with Crippen molar-refractivity contribution in [3.8, 4) is 0 Å². The lowest BCUT2D eigenvalue weighted by Crippen LogP contribution is -2.27. The fourth-order valence-corrected chi connectivity index (χ4v) is 3.07. The zero-order chi connectivity index (χ0) is 25.5. The second kappa shape index (κ2) is 16.5. The van der Waals surface area contributed by atoms with Crippen LogP contribution in [0.15, 0.2) is 47.1 Å². The normalized spacial score (nSPS) is 12.7. The number of halogens is 1. The Hall–Kier alpha value is -2.16. The number of allylic oxidation sites excluding steroid dienone is 1. The van der Waals surface area contributed by atoms with Gasteiger partial charge in [0.15, 0.2) is 22.6 Å². The smallest absolute Gasteiger partial charge is 0.278 e. The minimum absolute atomic E-state index is 0.0103. The van der Waals surface area contributed by atoms with Crippen molar-refractivity contribution < 1.29 is 27.4 Å². The van der Waals surface area contributed by atoms with Gasteiger partial charge in [0.05, 0.1) is 44.9 Å². The molecule has 0 radical (unpaired) electrons. The highest BCUT2D eigenvalue weighted by Crippen LogP contribution is 2.17. The Kier molecular flexibility index (Phi) is 14.5. The van der Waals surface area contributed by atoms with Gasteiger partial charge in [-0.15, -0.1) is 0 Å². The molecule has 1 aromatic rings. The summed E-state index contributed by atoms with van der Waals surface area (Å²) in [4.78, 5) is 22.7. The molecule has 0 fully saturated rings. The molecule has 34 heavy (non-hydrogen) atoms. The van der Waals surface area contributed by atoms with E-state index in [1.54, 1.807) is 0 Å². The van der Waals surface area contributed by atoms with Crippen molar-refractivity contribution in [1.82, 2.24) is 20.2 Å². The molecule has 1 unspecified atom stereocenters. The molecule has 1 heterocycles. The summed E-state index contributed by atoms with van der Waals surface area (Å²) in [5, 5.41) is 2.71. The number of nitrogens with one attached hydrogen (secondary N) is 1. The first-order chi connectivity index (χ1) is 16.1. The predicted molar refractivity (Wildman–Crippen MR) is 134 cm³/mol. The molecule has 3 N–H and O–H groups in total. The summed E-state index contributed by atoms with van der Waals surface area (Å²) in [6.45, 7) is 10.1. The van der Waals surface area contributed by atoms with Gasteiger partial charge in [0.1, 0.15) is 17.0 Å². The number of rotatable bonds is 17. The van der Waals surface area contributed by atoms with E-state index in [0.717, 1.165) is 0 Å². The molecule has 190 valence electrons. The molecule has 11 nitrogen and oxygen atoms in total. The Labute approximate surface area is 211 Å². The standard InChI is InChI=1S/C21H32BrN5O6S/c1-6-16(25-21(28)18-20(23)24-13-17(22)26-18)19(15(2)14-27(3)4)32-11-9-30-7-8-31-10-12-33-34(5)29/h6,13H,1-2,7-12,14H2,3-5H3,(H2,23,24)(H,25,28)/b19-16-. The average molecular weight is 562 g/mol. The van der Waals surface area contributed by atoms with E-state index < -0.39 is 17.0 Å². The van der Waals surface area contributed by atoms with Crippen molar-refractivity contribution in [2.45, 2.75) is 0 Å². The average Bonchev–Trinajstić information content (AvgIpc) is 2.77. The molecule has 0 aromatic carbocycles. The second-order valence-electron chi connectivity index (χ2n) is 6.97. The molecule has 1 atom stereocenters. The molecule has 0 aliphatic heterocycles. The topological polar surface area (TPSA) is 138 Å². The lowest BCUT2D eigenvalue weighted by Gasteiger charge is -2.20. The summed E-state index contributed by atoms with van der Waals surface area (Å²) in [6.07, 6.45) is 4.30. The van der Waals surface area contributed by atoms with Crippen molar-refractivity contribution in [2.75, 3.05) is 72.3 Å². The third kappa shape index (κ3) is 11.8. The summed E-state index contributed by atoms with van der Waals surface area (Å²) >= 11 is 1.88. The van der Waals surface area contributed by atoms with E-state index in [-0.39, 0.29) is 31.3 Å². The van der Waals surface area contributed by atoms with Crippen LogP contribution >= 0.6 is 15.9 Å². The van der Waals surface area contributed by atoms with Gasteiger partial charge in [-0.25, -0.2) is 14.2 Å². The molecule has 0 aliphatic rings. The van der Waals surface area contributed by atoms with Gasteiger partial charge in [-0.2, -0.15) is 0 Å². The van der Waals surface area contributed by atoms with Crippen molar-refractivity contribution in [3.05, 3.63) is 52.8 Å². The van der Waals surface area contributed by atoms with Gasteiger partial charge in [-0.3, -0.25) is 8.98 Å². The minimum Gasteiger partial charge on any atom is -0.489 e. The van der Waals surface area contributed by atoms with Gasteiger partial charge in [-0.1, -0.05) is 13.2 Å². The first-order valence-corrected chi connectivity index (χ1v) is 12.5. The van der Waals surface area contributed by atoms with Crippen LogP contribution in [0.3, 0.4) is 0 Å². The third-order valence-electron chi connectivity index (χ3n) is 3.83. The molecule has 0 aliphatic carbocycles. The Morgan fingerprint density at radius 2 is 1.85 bits per heavy atom. The van der Waals surface area contributed by atoms with Gasteiger partial charge in [-0.05, 0) is 36.1 Å². The number of hydrogen-bond acceptors (Lipinski definition) is 10. The van der Waals surface area contributed by atoms with Crippen molar-refractivity contribution in [1.29, 1.82) is 0 Å². The van der Waals surface area contributed by atoms with Crippen LogP contribution in [0.25, 0.3) is 0 Å². The number of nitrogens with zero attached hydrogens (tertiary/aromatic N) is 3. The van der Waals surface area contributed by atoms with E-state index in [4.69, 9.17) is 24.1 Å². The molecule has 1 amide bonds. The van der Waals surface area contributed by atoms with E-state index in [9.17, 15) is 9.00 Å². The van der Waals surface area contributed by atoms with E-state index in [2.05, 4.69) is 44.4 Å². The number of likely N-dealkylation sites (N-methyl/N-ethyl adjacent to an activating group) is 1. The van der Waals surface area contributed by atoms with E-state index in [0.29, 0.717) is 48.0 Å². The van der Waals surface area contributed by atoms with Gasteiger partial charge < -0.3 is 30.2 Å². The highest BCUT2D eigenvalue weighted by atomic mass is 79.9. The highest BCUT2D eigenvalue weighted by molar-refractivity contribution is 9.10. The SMILES string of the molecule is C=C/C(NC(=O)c1nc(Br)cnc1N)=C(/OCCOCCOCCOS(C)=O)C(=C)CN(C)C. The molecule has 0 saturated heterocycles. The Balaban J connectivity index is 2.72. The fraction of sp³-hybridized carbons (Fsp3) is 0.476. The monoisotopic (exact) mass is 561 g/mol. The van der Waals surface area contributed by atoms with Crippen LogP contribution in [0, 0.1) is 0 Å². The molecule has 0 saturated carbocycles. The number of nitrogen functional groups attached to an aromatic ring is 1. The van der Waals surface area contributed by atoms with Crippen LogP contribution in [0.1, 0.15) is 10.5 Å². The van der Waals surface area contributed by atoms with Crippen LogP contribution in [0.2, 0.25) is 0 Å². The second-order valence-corrected chi connectivity index (χ2v) is 8.82. The van der Waals surface area contributed by atoms with Gasteiger partial charge in [0, 0.05) is 18.4 Å². The molecular weight excluding hydrogens is 530 g/mol. The van der Waals surface area contributed by atoms with E-state index in [1.165, 1.54) is 18.5 Å². The van der Waals surface area contributed by atoms with Crippen LogP contribution in [0.5, 0.6) is 0 Å². The molecule has 13 heteroatoms. The maximum atomic E-state index is 12.7. The molecule has 1 rings (SSSR count). The Bertz CT molecular complexity index is 896. The van der Waals surface area contributed by atoms with Crippen LogP contribution in [0.4, 0.5) is 5.82 Å². The third-order valence-corrected chi connectivity index (χ3v) is 4.72. The molecule has 0 bridgehead atoms. The maximum absolute atomic E-state index is 12.7. The van der Waals surface area contributed by atoms with E-state index in [1.807, 2.05) is 19.0 Å². The van der Waals surface area contributed by atoms with Gasteiger partial charge in [0.25, 0.3) is 5.91 Å². The zero-order valence-corrected chi connectivity index (χ0v) is 22.1. The quantitative estimate of drug-likeness (QED) is 0.163. The van der Waals surface area contributed by atoms with Crippen molar-refractivity contribution in [3.63, 3.8) is 0 Å². The number of carbonyl (C=O) groups is 1. The van der Waals surface area contributed by atoms with Crippen molar-refractivity contribution in [2.24, 2.45) is 0 Å². The Morgan fingerprint density at radius 3 is 2.44 bits per heavy atom.